The summed E-state index contributed by atoms with van der Waals surface area (Å²) < 4.78 is 0. The predicted molar refractivity (Wildman–Crippen MR) is 121 cm³/mol. The fourth-order valence-corrected chi connectivity index (χ4v) is 3.62. The summed E-state index contributed by atoms with van der Waals surface area (Å²) in [5.41, 5.74) is 3.81. The van der Waals surface area contributed by atoms with Crippen LogP contribution in [0.2, 0.25) is 0 Å². The highest BCUT2D eigenvalue weighted by molar-refractivity contribution is 6.04. The van der Waals surface area contributed by atoms with Crippen molar-refractivity contribution >= 4 is 29.1 Å². The molecule has 3 aromatic rings. The van der Waals surface area contributed by atoms with E-state index in [1.807, 2.05) is 54.6 Å². The standard InChI is InChI=1S/C25H23N3O3/c29-23(27-21-9-4-5-10-22(21)28-16-6-11-24(28)30)17-26-25(31)20-14-12-19(13-15-20)18-7-2-1-3-8-18/h1-5,7-10,12-15H,6,11,16-17H2,(H,26,31)(H,27,29). The number of rotatable bonds is 6. The van der Waals surface area contributed by atoms with Crippen LogP contribution in [-0.4, -0.2) is 30.8 Å². The van der Waals surface area contributed by atoms with Crippen LogP contribution in [0.3, 0.4) is 0 Å². The van der Waals surface area contributed by atoms with Crippen molar-refractivity contribution in [3.8, 4) is 11.1 Å². The molecule has 3 amide bonds. The van der Waals surface area contributed by atoms with Crippen LogP contribution in [0.1, 0.15) is 23.2 Å². The number of benzene rings is 3. The number of hydrogen-bond donors (Lipinski definition) is 2. The molecule has 6 nitrogen and oxygen atoms in total. The molecule has 0 aromatic heterocycles. The smallest absolute Gasteiger partial charge is 0.251 e. The van der Waals surface area contributed by atoms with E-state index in [1.54, 1.807) is 29.2 Å². The van der Waals surface area contributed by atoms with E-state index in [1.165, 1.54) is 0 Å². The van der Waals surface area contributed by atoms with Crippen molar-refractivity contribution in [1.29, 1.82) is 0 Å². The van der Waals surface area contributed by atoms with Gasteiger partial charge in [0, 0.05) is 18.5 Å². The number of hydrogen-bond acceptors (Lipinski definition) is 3. The molecule has 1 heterocycles. The number of anilines is 2. The van der Waals surface area contributed by atoms with E-state index >= 15 is 0 Å². The van der Waals surface area contributed by atoms with E-state index in [4.69, 9.17) is 0 Å². The molecular formula is C25H23N3O3. The number of nitrogens with one attached hydrogen (secondary N) is 2. The molecule has 0 radical (unpaired) electrons. The Balaban J connectivity index is 1.35. The zero-order chi connectivity index (χ0) is 21.6. The van der Waals surface area contributed by atoms with Crippen LogP contribution in [0.25, 0.3) is 11.1 Å². The Labute approximate surface area is 180 Å². The first-order valence-corrected chi connectivity index (χ1v) is 10.2. The second-order valence-electron chi connectivity index (χ2n) is 7.34. The maximum Gasteiger partial charge on any atom is 0.251 e. The average molecular weight is 413 g/mol. The number of para-hydroxylation sites is 2. The third kappa shape index (κ3) is 4.80. The van der Waals surface area contributed by atoms with Gasteiger partial charge in [-0.05, 0) is 41.8 Å². The quantitative estimate of drug-likeness (QED) is 0.644. The Kier molecular flexibility index (Phi) is 6.08. The third-order valence-corrected chi connectivity index (χ3v) is 5.21. The molecule has 2 N–H and O–H groups in total. The average Bonchev–Trinajstić information content (AvgIpc) is 3.24. The number of amides is 3. The summed E-state index contributed by atoms with van der Waals surface area (Å²) in [6.07, 6.45) is 1.32. The van der Waals surface area contributed by atoms with Crippen molar-refractivity contribution < 1.29 is 14.4 Å². The molecule has 0 unspecified atom stereocenters. The number of carbonyl (C=O) groups excluding carboxylic acids is 3. The molecule has 0 saturated carbocycles. The molecular weight excluding hydrogens is 390 g/mol. The topological polar surface area (TPSA) is 78.5 Å². The zero-order valence-electron chi connectivity index (χ0n) is 17.0. The van der Waals surface area contributed by atoms with Gasteiger partial charge in [0.2, 0.25) is 11.8 Å². The highest BCUT2D eigenvalue weighted by Gasteiger charge is 2.24. The van der Waals surface area contributed by atoms with Gasteiger partial charge in [-0.1, -0.05) is 54.6 Å². The van der Waals surface area contributed by atoms with Crippen LogP contribution in [0, 0.1) is 0 Å². The van der Waals surface area contributed by atoms with Crippen molar-refractivity contribution in [2.45, 2.75) is 12.8 Å². The van der Waals surface area contributed by atoms with Crippen LogP contribution in [0.15, 0.2) is 78.9 Å². The van der Waals surface area contributed by atoms with E-state index in [2.05, 4.69) is 10.6 Å². The lowest BCUT2D eigenvalue weighted by molar-refractivity contribution is -0.117. The molecule has 4 rings (SSSR count). The number of carbonyl (C=O) groups is 3. The fourth-order valence-electron chi connectivity index (χ4n) is 3.62. The van der Waals surface area contributed by atoms with E-state index in [0.717, 1.165) is 17.5 Å². The van der Waals surface area contributed by atoms with Gasteiger partial charge in [0.1, 0.15) is 0 Å². The second-order valence-corrected chi connectivity index (χ2v) is 7.34. The molecule has 6 heteroatoms. The summed E-state index contributed by atoms with van der Waals surface area (Å²) in [6.45, 7) is 0.475. The van der Waals surface area contributed by atoms with Crippen molar-refractivity contribution in [3.05, 3.63) is 84.4 Å². The van der Waals surface area contributed by atoms with Gasteiger partial charge in [0.15, 0.2) is 0 Å². The van der Waals surface area contributed by atoms with Gasteiger partial charge in [-0.25, -0.2) is 0 Å². The van der Waals surface area contributed by atoms with Crippen molar-refractivity contribution in [1.82, 2.24) is 5.32 Å². The molecule has 156 valence electrons. The minimum Gasteiger partial charge on any atom is -0.343 e. The molecule has 1 aliphatic rings. The van der Waals surface area contributed by atoms with Crippen LogP contribution in [-0.2, 0) is 9.59 Å². The van der Waals surface area contributed by atoms with E-state index < -0.39 is 0 Å². The Bertz CT molecular complexity index is 1090. The maximum atomic E-state index is 12.4. The first-order valence-electron chi connectivity index (χ1n) is 10.2. The van der Waals surface area contributed by atoms with Crippen molar-refractivity contribution in [3.63, 3.8) is 0 Å². The van der Waals surface area contributed by atoms with Crippen LogP contribution < -0.4 is 15.5 Å². The first-order chi connectivity index (χ1) is 15.1. The molecule has 1 saturated heterocycles. The summed E-state index contributed by atoms with van der Waals surface area (Å²) in [5.74, 6) is -0.625. The van der Waals surface area contributed by atoms with Crippen molar-refractivity contribution in [2.75, 3.05) is 23.3 Å². The van der Waals surface area contributed by atoms with Crippen LogP contribution in [0.4, 0.5) is 11.4 Å². The van der Waals surface area contributed by atoms with E-state index in [9.17, 15) is 14.4 Å². The van der Waals surface area contributed by atoms with Gasteiger partial charge in [-0.2, -0.15) is 0 Å². The summed E-state index contributed by atoms with van der Waals surface area (Å²) in [6, 6.07) is 24.3. The van der Waals surface area contributed by atoms with Crippen molar-refractivity contribution in [2.24, 2.45) is 0 Å². The molecule has 0 bridgehead atoms. The molecule has 0 aliphatic carbocycles. The minimum absolute atomic E-state index is 0.0500. The van der Waals surface area contributed by atoms with Gasteiger partial charge in [-0.3, -0.25) is 14.4 Å². The third-order valence-electron chi connectivity index (χ3n) is 5.21. The largest absolute Gasteiger partial charge is 0.343 e. The lowest BCUT2D eigenvalue weighted by atomic mass is 10.0. The molecule has 1 aliphatic heterocycles. The van der Waals surface area contributed by atoms with Gasteiger partial charge in [0.25, 0.3) is 5.91 Å². The van der Waals surface area contributed by atoms with E-state index in [0.29, 0.717) is 29.9 Å². The Morgan fingerprint density at radius 1 is 0.839 bits per heavy atom. The SMILES string of the molecule is O=C(CNC(=O)c1ccc(-c2ccccc2)cc1)Nc1ccccc1N1CCCC1=O. The lowest BCUT2D eigenvalue weighted by Gasteiger charge is -2.20. The van der Waals surface area contributed by atoms with Gasteiger partial charge in [-0.15, -0.1) is 0 Å². The molecule has 31 heavy (non-hydrogen) atoms. The molecule has 3 aromatic carbocycles. The van der Waals surface area contributed by atoms with Gasteiger partial charge in [0.05, 0.1) is 17.9 Å². The Morgan fingerprint density at radius 3 is 2.23 bits per heavy atom. The van der Waals surface area contributed by atoms with Gasteiger partial charge >= 0.3 is 0 Å². The fraction of sp³-hybridized carbons (Fsp3) is 0.160. The second kappa shape index (κ2) is 9.26. The normalized spacial score (nSPS) is 13.2. The van der Waals surface area contributed by atoms with Crippen LogP contribution >= 0.6 is 0 Å². The summed E-state index contributed by atoms with van der Waals surface area (Å²) in [4.78, 5) is 38.6. The lowest BCUT2D eigenvalue weighted by Crippen LogP contribution is -2.33. The Morgan fingerprint density at radius 2 is 1.52 bits per heavy atom. The highest BCUT2D eigenvalue weighted by Crippen LogP contribution is 2.29. The predicted octanol–water partition coefficient (Wildman–Crippen LogP) is 3.85. The zero-order valence-corrected chi connectivity index (χ0v) is 17.0. The molecule has 0 atom stereocenters. The monoisotopic (exact) mass is 413 g/mol. The summed E-state index contributed by atoms with van der Waals surface area (Å²) >= 11 is 0. The van der Waals surface area contributed by atoms with Gasteiger partial charge < -0.3 is 15.5 Å². The first kappa shape index (κ1) is 20.3. The number of nitrogens with zero attached hydrogens (tertiary/aromatic N) is 1. The summed E-state index contributed by atoms with van der Waals surface area (Å²) in [7, 11) is 0. The highest BCUT2D eigenvalue weighted by atomic mass is 16.2. The summed E-state index contributed by atoms with van der Waals surface area (Å²) in [5, 5.41) is 5.44. The van der Waals surface area contributed by atoms with Crippen LogP contribution in [0.5, 0.6) is 0 Å². The Hall–Kier alpha value is -3.93. The molecule has 1 fully saturated rings. The van der Waals surface area contributed by atoms with E-state index in [-0.39, 0.29) is 24.3 Å². The molecule has 0 spiro atoms. The maximum absolute atomic E-state index is 12.4. The minimum atomic E-state index is -0.353.